The van der Waals surface area contributed by atoms with Crippen LogP contribution in [-0.4, -0.2) is 15.0 Å². The van der Waals surface area contributed by atoms with Gasteiger partial charge in [0, 0.05) is 17.2 Å². The van der Waals surface area contributed by atoms with E-state index in [1.165, 1.54) is 17.3 Å². The minimum absolute atomic E-state index is 0.141. The highest BCUT2D eigenvalue weighted by Crippen LogP contribution is 2.29. The molecule has 0 aliphatic carbocycles. The van der Waals surface area contributed by atoms with Gasteiger partial charge in [-0.3, -0.25) is 0 Å². The Morgan fingerprint density at radius 1 is 1.00 bits per heavy atom. The van der Waals surface area contributed by atoms with Crippen LogP contribution in [0.2, 0.25) is 0 Å². The second kappa shape index (κ2) is 5.99. The number of hydrogen-bond acceptors (Lipinski definition) is 6. The predicted molar refractivity (Wildman–Crippen MR) is 86.4 cm³/mol. The number of hydrogen-bond donors (Lipinski definition) is 2. The Balaban J connectivity index is 2.39. The van der Waals surface area contributed by atoms with E-state index < -0.39 is 0 Å². The average Bonchev–Trinajstić information content (AvgIpc) is 2.36. The molecular weight excluding hydrogens is 282 g/mol. The van der Waals surface area contributed by atoms with Crippen LogP contribution >= 0.6 is 11.8 Å². The van der Waals surface area contributed by atoms with E-state index >= 15 is 0 Å². The molecule has 5 nitrogen and oxygen atoms in total. The molecule has 2 rings (SSSR count). The van der Waals surface area contributed by atoms with Crippen molar-refractivity contribution < 1.29 is 0 Å². The van der Waals surface area contributed by atoms with Crippen molar-refractivity contribution in [2.45, 2.75) is 50.1 Å². The maximum absolute atomic E-state index is 5.51. The van der Waals surface area contributed by atoms with E-state index in [2.05, 4.69) is 54.1 Å². The molecule has 0 aliphatic rings. The van der Waals surface area contributed by atoms with Crippen LogP contribution in [0.15, 0.2) is 28.3 Å². The van der Waals surface area contributed by atoms with Crippen molar-refractivity contribution in [1.29, 1.82) is 0 Å². The molecule has 0 spiro atoms. The van der Waals surface area contributed by atoms with Gasteiger partial charge >= 0.3 is 0 Å². The van der Waals surface area contributed by atoms with Crippen LogP contribution in [0.5, 0.6) is 0 Å². The maximum atomic E-state index is 5.51. The minimum Gasteiger partial charge on any atom is -0.308 e. The summed E-state index contributed by atoms with van der Waals surface area (Å²) in [6, 6.07) is 5.93. The third-order valence-corrected chi connectivity index (χ3v) is 3.64. The van der Waals surface area contributed by atoms with Gasteiger partial charge in [0.15, 0.2) is 0 Å². The summed E-state index contributed by atoms with van der Waals surface area (Å²) in [4.78, 5) is 13.6. The number of hydrazine groups is 1. The Morgan fingerprint density at radius 3 is 2.24 bits per heavy atom. The predicted octanol–water partition coefficient (Wildman–Crippen LogP) is 3.22. The fourth-order valence-corrected chi connectivity index (χ4v) is 2.80. The highest BCUT2D eigenvalue weighted by atomic mass is 32.2. The Hall–Kier alpha value is -1.66. The Bertz CT molecular complexity index is 629. The van der Waals surface area contributed by atoms with E-state index in [1.807, 2.05) is 19.1 Å². The molecule has 6 heteroatoms. The summed E-state index contributed by atoms with van der Waals surface area (Å²) >= 11 is 1.52. The maximum Gasteiger partial charge on any atom is 0.144 e. The monoisotopic (exact) mass is 303 g/mol. The smallest absolute Gasteiger partial charge is 0.144 e. The molecule has 0 aliphatic heterocycles. The largest absolute Gasteiger partial charge is 0.308 e. The fraction of sp³-hybridized carbons (Fsp3) is 0.400. The summed E-state index contributed by atoms with van der Waals surface area (Å²) in [7, 11) is 0. The standard InChI is InChI=1S/C15H21N5S/c1-9-6-10(2)17-12(7-9)21-13-8-11(20-16)18-14(19-13)15(3,4)5/h6-8H,16H2,1-5H3,(H,18,19,20). The zero-order valence-corrected chi connectivity index (χ0v) is 13.9. The molecular formula is C15H21N5S. The summed E-state index contributed by atoms with van der Waals surface area (Å²) in [6.07, 6.45) is 0. The van der Waals surface area contributed by atoms with Crippen molar-refractivity contribution in [2.75, 3.05) is 5.43 Å². The van der Waals surface area contributed by atoms with E-state index in [0.29, 0.717) is 5.82 Å². The molecule has 0 atom stereocenters. The molecule has 0 fully saturated rings. The number of nitrogens with zero attached hydrogens (tertiary/aromatic N) is 3. The van der Waals surface area contributed by atoms with Crippen LogP contribution in [0.1, 0.15) is 37.9 Å². The number of nitrogens with two attached hydrogens (primary N) is 1. The van der Waals surface area contributed by atoms with E-state index in [1.54, 1.807) is 0 Å². The van der Waals surface area contributed by atoms with Crippen LogP contribution < -0.4 is 11.3 Å². The first-order valence-corrected chi connectivity index (χ1v) is 7.59. The first-order valence-electron chi connectivity index (χ1n) is 6.77. The number of aryl methyl sites for hydroxylation is 2. The van der Waals surface area contributed by atoms with Gasteiger partial charge in [0.1, 0.15) is 21.7 Å². The molecule has 0 amide bonds. The quantitative estimate of drug-likeness (QED) is 0.515. The number of aromatic nitrogens is 3. The number of pyridine rings is 1. The first-order chi connectivity index (χ1) is 9.77. The third kappa shape index (κ3) is 4.15. The van der Waals surface area contributed by atoms with Gasteiger partial charge in [0.05, 0.1) is 0 Å². The van der Waals surface area contributed by atoms with Gasteiger partial charge in [-0.2, -0.15) is 0 Å². The molecule has 0 saturated carbocycles. The van der Waals surface area contributed by atoms with E-state index in [9.17, 15) is 0 Å². The van der Waals surface area contributed by atoms with Gasteiger partial charge in [-0.25, -0.2) is 20.8 Å². The number of rotatable bonds is 3. The SMILES string of the molecule is Cc1cc(C)nc(Sc2cc(NN)nc(C(C)(C)C)n2)c1. The summed E-state index contributed by atoms with van der Waals surface area (Å²) < 4.78 is 0. The summed E-state index contributed by atoms with van der Waals surface area (Å²) in [5, 5.41) is 1.76. The Kier molecular flexibility index (Phi) is 4.49. The molecule has 2 heterocycles. The topological polar surface area (TPSA) is 76.7 Å². The van der Waals surface area contributed by atoms with Crippen LogP contribution in [0.4, 0.5) is 5.82 Å². The fourth-order valence-electron chi connectivity index (χ4n) is 1.85. The zero-order valence-electron chi connectivity index (χ0n) is 13.1. The van der Waals surface area contributed by atoms with Crippen molar-refractivity contribution in [2.24, 2.45) is 5.84 Å². The van der Waals surface area contributed by atoms with Crippen LogP contribution in [0.25, 0.3) is 0 Å². The van der Waals surface area contributed by atoms with Crippen molar-refractivity contribution in [3.8, 4) is 0 Å². The minimum atomic E-state index is -0.141. The third-order valence-electron chi connectivity index (χ3n) is 2.80. The van der Waals surface area contributed by atoms with Crippen LogP contribution in [0, 0.1) is 13.8 Å². The molecule has 2 aromatic heterocycles. The van der Waals surface area contributed by atoms with Gasteiger partial charge in [0.2, 0.25) is 0 Å². The molecule has 0 radical (unpaired) electrons. The van der Waals surface area contributed by atoms with Crippen LogP contribution in [-0.2, 0) is 5.41 Å². The summed E-state index contributed by atoms with van der Waals surface area (Å²) in [5.41, 5.74) is 4.65. The lowest BCUT2D eigenvalue weighted by atomic mass is 9.96. The number of nitrogens with one attached hydrogen (secondary N) is 1. The molecule has 0 unspecified atom stereocenters. The second-order valence-electron chi connectivity index (χ2n) is 6.04. The highest BCUT2D eigenvalue weighted by Gasteiger charge is 2.19. The van der Waals surface area contributed by atoms with Gasteiger partial charge in [-0.05, 0) is 43.3 Å². The summed E-state index contributed by atoms with van der Waals surface area (Å²) in [6.45, 7) is 10.3. The van der Waals surface area contributed by atoms with Crippen molar-refractivity contribution in [3.63, 3.8) is 0 Å². The molecule has 0 aromatic carbocycles. The molecule has 0 bridgehead atoms. The lowest BCUT2D eigenvalue weighted by molar-refractivity contribution is 0.539. The van der Waals surface area contributed by atoms with Crippen LogP contribution in [0.3, 0.4) is 0 Å². The molecule has 2 aromatic rings. The lowest BCUT2D eigenvalue weighted by Crippen LogP contribution is -2.19. The zero-order chi connectivity index (χ0) is 15.6. The van der Waals surface area contributed by atoms with Gasteiger partial charge in [-0.1, -0.05) is 20.8 Å². The molecule has 3 N–H and O–H groups in total. The molecule has 0 saturated heterocycles. The normalized spacial score (nSPS) is 11.5. The van der Waals surface area contributed by atoms with Crippen molar-refractivity contribution in [3.05, 3.63) is 35.3 Å². The van der Waals surface area contributed by atoms with E-state index in [4.69, 9.17) is 5.84 Å². The molecule has 112 valence electrons. The van der Waals surface area contributed by atoms with Crippen molar-refractivity contribution >= 4 is 17.6 Å². The van der Waals surface area contributed by atoms with Gasteiger partial charge < -0.3 is 5.43 Å². The Morgan fingerprint density at radius 2 is 1.67 bits per heavy atom. The van der Waals surface area contributed by atoms with Crippen molar-refractivity contribution in [1.82, 2.24) is 15.0 Å². The van der Waals surface area contributed by atoms with E-state index in [0.717, 1.165) is 21.6 Å². The summed E-state index contributed by atoms with van der Waals surface area (Å²) in [5.74, 6) is 6.87. The van der Waals surface area contributed by atoms with Gasteiger partial charge in [-0.15, -0.1) is 0 Å². The highest BCUT2D eigenvalue weighted by molar-refractivity contribution is 7.99. The first kappa shape index (κ1) is 15.7. The number of nitrogen functional groups attached to an aromatic ring is 1. The molecule has 21 heavy (non-hydrogen) atoms. The average molecular weight is 303 g/mol. The second-order valence-corrected chi connectivity index (χ2v) is 7.08. The van der Waals surface area contributed by atoms with Gasteiger partial charge in [0.25, 0.3) is 0 Å². The Labute approximate surface area is 129 Å². The van der Waals surface area contributed by atoms with E-state index in [-0.39, 0.29) is 5.41 Å². The lowest BCUT2D eigenvalue weighted by Gasteiger charge is -2.18. The number of anilines is 1.